The summed E-state index contributed by atoms with van der Waals surface area (Å²) in [5, 5.41) is 8.60. The van der Waals surface area contributed by atoms with Crippen molar-refractivity contribution in [2.45, 2.75) is 0 Å². The van der Waals surface area contributed by atoms with Crippen molar-refractivity contribution in [3.63, 3.8) is 0 Å². The molecule has 0 heterocycles. The molecule has 10 heavy (non-hydrogen) atoms. The van der Waals surface area contributed by atoms with Crippen molar-refractivity contribution in [3.05, 3.63) is 30.3 Å². The molecular weight excluding hydrogens is 358 g/mol. The molecule has 0 spiro atoms. The van der Waals surface area contributed by atoms with Crippen LogP contribution in [-0.4, -0.2) is 16.1 Å². The molecule has 3 nitrogen and oxygen atoms in total. The largest absolute Gasteiger partial charge is 0.566 e. The van der Waals surface area contributed by atoms with Crippen LogP contribution in [0.1, 0.15) is 0 Å². The number of rotatable bonds is 0. The van der Waals surface area contributed by atoms with Gasteiger partial charge in [-0.25, -0.2) is 0 Å². The van der Waals surface area contributed by atoms with E-state index in [2.05, 4.69) is 6.07 Å². The van der Waals surface area contributed by atoms with Gasteiger partial charge in [0.05, 0.1) is 0 Å². The zero-order valence-electron chi connectivity index (χ0n) is 5.26. The summed E-state index contributed by atoms with van der Waals surface area (Å²) in [4.78, 5) is 0. The average Bonchev–Trinajstić information content (AvgIpc) is 1.69. The second-order valence-electron chi connectivity index (χ2n) is 1.26. The molecule has 4 heteroatoms. The van der Waals surface area contributed by atoms with Gasteiger partial charge in [-0.15, -0.1) is 12.1 Å². The van der Waals surface area contributed by atoms with E-state index in [1.54, 1.807) is 18.2 Å². The Labute approximate surface area is 83.1 Å². The molecule has 0 amide bonds. The minimum atomic E-state index is 0. The van der Waals surface area contributed by atoms with Crippen LogP contribution in [-0.2, 0) is 0 Å². The van der Waals surface area contributed by atoms with Crippen LogP contribution in [0.4, 0.5) is 0 Å². The first-order chi connectivity index (χ1) is 3.39. The predicted molar refractivity (Wildman–Crippen MR) is 34.2 cm³/mol. The second-order valence-corrected chi connectivity index (χ2v) is 1.26. The number of hydrogen-bond donors (Lipinski definition) is 1. The van der Waals surface area contributed by atoms with Crippen molar-refractivity contribution >= 4 is 0 Å². The van der Waals surface area contributed by atoms with Gasteiger partial charge >= 0.3 is 0 Å². The Hall–Kier alpha value is -0.00805. The molecule has 0 bridgehead atoms. The molecule has 0 fully saturated rings. The molecule has 0 aliphatic carbocycles. The first kappa shape index (κ1) is 16.5. The molecule has 0 saturated heterocycles. The van der Waals surface area contributed by atoms with Gasteiger partial charge in [0.1, 0.15) is 0 Å². The van der Waals surface area contributed by atoms with E-state index in [1.165, 1.54) is 6.07 Å². The molecule has 0 radical (unpaired) electrons. The Morgan fingerprint density at radius 1 is 1.30 bits per heavy atom. The Balaban J connectivity index is -0.000000163. The molecule has 0 aromatic heterocycles. The third kappa shape index (κ3) is 6.12. The van der Waals surface area contributed by atoms with Gasteiger partial charge < -0.3 is 16.1 Å². The molecule has 0 atom stereocenters. The minimum Gasteiger partial charge on any atom is -0.566 e. The van der Waals surface area contributed by atoms with Gasteiger partial charge in [-0.05, 0) is 0 Å². The van der Waals surface area contributed by atoms with E-state index in [0.29, 0.717) is 0 Å². The molecule has 5 N–H and O–H groups in total. The minimum absolute atomic E-state index is 0. The fraction of sp³-hybridized carbons (Fsp3) is 0. The Morgan fingerprint density at radius 3 is 2.10 bits per heavy atom. The van der Waals surface area contributed by atoms with Crippen LogP contribution >= 0.6 is 0 Å². The third-order valence-corrected chi connectivity index (χ3v) is 0.691. The van der Waals surface area contributed by atoms with Crippen LogP contribution < -0.4 is 0 Å². The third-order valence-electron chi connectivity index (χ3n) is 0.691. The van der Waals surface area contributed by atoms with Crippen LogP contribution in [0.25, 0.3) is 0 Å². The summed E-state index contributed by atoms with van der Waals surface area (Å²) in [6.45, 7) is 0. The average molecular weight is 367 g/mol. The zero-order chi connectivity index (χ0) is 5.11. The van der Waals surface area contributed by atoms with E-state index in [4.69, 9.17) is 5.11 Å². The molecule has 56 valence electrons. The summed E-state index contributed by atoms with van der Waals surface area (Å²) in [7, 11) is 0. The van der Waals surface area contributed by atoms with Crippen molar-refractivity contribution in [2.24, 2.45) is 0 Å². The summed E-state index contributed by atoms with van der Waals surface area (Å²) in [6, 6.07) is 9.30. The van der Waals surface area contributed by atoms with Gasteiger partial charge in [-0.1, -0.05) is 0 Å². The van der Waals surface area contributed by atoms with Crippen molar-refractivity contribution in [2.75, 3.05) is 0 Å². The van der Waals surface area contributed by atoms with Gasteiger partial charge in [0.2, 0.25) is 0 Å². The summed E-state index contributed by atoms with van der Waals surface area (Å²) in [6.07, 6.45) is 0. The SMILES string of the molecule is O.O.Oc1c[c-]ccc1.[U]. The molecule has 0 aliphatic heterocycles. The van der Waals surface area contributed by atoms with Crippen LogP contribution in [0.2, 0.25) is 0 Å². The second kappa shape index (κ2) is 8.99. The molecule has 0 aliphatic rings. The maximum absolute atomic E-state index is 8.60. The summed E-state index contributed by atoms with van der Waals surface area (Å²) >= 11 is 0. The Bertz CT molecular complexity index is 143. The quantitative estimate of drug-likeness (QED) is 0.619. The van der Waals surface area contributed by atoms with Crippen LogP contribution in [0.15, 0.2) is 24.3 Å². The first-order valence-corrected chi connectivity index (χ1v) is 2.04. The van der Waals surface area contributed by atoms with E-state index in [1.807, 2.05) is 0 Å². The molecule has 0 saturated carbocycles. The van der Waals surface area contributed by atoms with E-state index < -0.39 is 0 Å². The van der Waals surface area contributed by atoms with Gasteiger partial charge in [-0.3, -0.25) is 0 Å². The van der Waals surface area contributed by atoms with Crippen LogP contribution in [0.3, 0.4) is 0 Å². The normalized spacial score (nSPS) is 6.00. The number of phenolic OH excluding ortho intramolecular Hbond substituents is 1. The smallest absolute Gasteiger partial charge is 0.00321 e. The molecule has 1 aromatic rings. The summed E-state index contributed by atoms with van der Waals surface area (Å²) < 4.78 is 0. The monoisotopic (exact) mass is 367 g/mol. The first-order valence-electron chi connectivity index (χ1n) is 2.04. The van der Waals surface area contributed by atoms with Crippen LogP contribution in [0.5, 0.6) is 5.75 Å². The summed E-state index contributed by atoms with van der Waals surface area (Å²) in [5.74, 6) is 0.266. The molecule has 1 rings (SSSR count). The standard InChI is InChI=1S/C6H5O.2H2O.U/c7-6-4-2-1-3-5-6;;;/h1-2,4-5,7H;2*1H2;/q-1;;;. The van der Waals surface area contributed by atoms with Gasteiger partial charge in [0, 0.05) is 36.9 Å². The van der Waals surface area contributed by atoms with E-state index in [0.717, 1.165) is 0 Å². The van der Waals surface area contributed by atoms with Gasteiger partial charge in [-0.2, -0.15) is 18.2 Å². The van der Waals surface area contributed by atoms with E-state index in [-0.39, 0.29) is 47.8 Å². The topological polar surface area (TPSA) is 83.2 Å². The molecular formula is C6H9O3U-. The van der Waals surface area contributed by atoms with Crippen LogP contribution in [0, 0.1) is 37.2 Å². The van der Waals surface area contributed by atoms with Gasteiger partial charge in [0.25, 0.3) is 0 Å². The van der Waals surface area contributed by atoms with E-state index >= 15 is 0 Å². The molecule has 1 aromatic carbocycles. The predicted octanol–water partition coefficient (Wildman–Crippen LogP) is -0.457. The van der Waals surface area contributed by atoms with Crippen molar-refractivity contribution < 1.29 is 47.2 Å². The maximum atomic E-state index is 8.60. The molecule has 0 unspecified atom stereocenters. The van der Waals surface area contributed by atoms with E-state index in [9.17, 15) is 0 Å². The Kier molecular flexibility index (Phi) is 14.9. The van der Waals surface area contributed by atoms with Crippen molar-refractivity contribution in [1.82, 2.24) is 0 Å². The fourth-order valence-corrected chi connectivity index (χ4v) is 0.384. The van der Waals surface area contributed by atoms with Crippen molar-refractivity contribution in [3.8, 4) is 5.75 Å². The van der Waals surface area contributed by atoms with Crippen molar-refractivity contribution in [1.29, 1.82) is 0 Å². The number of phenols is 1. The number of hydrogen-bond acceptors (Lipinski definition) is 1. The summed E-state index contributed by atoms with van der Waals surface area (Å²) in [5.41, 5.74) is 0. The fourth-order valence-electron chi connectivity index (χ4n) is 0.384. The zero-order valence-corrected chi connectivity index (χ0v) is 9.42. The Morgan fingerprint density at radius 2 is 1.90 bits per heavy atom. The number of benzene rings is 1. The maximum Gasteiger partial charge on any atom is 0.00321 e. The van der Waals surface area contributed by atoms with Gasteiger partial charge in [0.15, 0.2) is 0 Å². The number of aromatic hydroxyl groups is 1.